The number of carboxylic acid groups (broad SMARTS) is 1. The predicted molar refractivity (Wildman–Crippen MR) is 84.5 cm³/mol. The normalized spacial score (nSPS) is 13.5. The smallest absolute Gasteiger partial charge is 0.306 e. The maximum atomic E-state index is 12.0. The Kier molecular flexibility index (Phi) is 7.23. The number of para-hydroxylation sites is 1. The van der Waals surface area contributed by atoms with E-state index in [0.29, 0.717) is 17.1 Å². The van der Waals surface area contributed by atoms with Gasteiger partial charge in [0.25, 0.3) is 0 Å². The third-order valence-electron chi connectivity index (χ3n) is 3.53. The van der Waals surface area contributed by atoms with Crippen LogP contribution in [0.2, 0.25) is 5.02 Å². The molecule has 0 aliphatic heterocycles. The number of unbranched alkanes of at least 4 members (excludes halogenated alkanes) is 1. The van der Waals surface area contributed by atoms with Gasteiger partial charge in [-0.1, -0.05) is 50.4 Å². The summed E-state index contributed by atoms with van der Waals surface area (Å²) < 4.78 is 0. The minimum atomic E-state index is -0.832. The molecule has 0 heterocycles. The van der Waals surface area contributed by atoms with Gasteiger partial charge in [0.1, 0.15) is 0 Å². The van der Waals surface area contributed by atoms with E-state index >= 15 is 0 Å². The van der Waals surface area contributed by atoms with Crippen LogP contribution < -0.4 is 5.32 Å². The summed E-state index contributed by atoms with van der Waals surface area (Å²) in [7, 11) is 0. The van der Waals surface area contributed by atoms with Crippen molar-refractivity contribution in [1.29, 1.82) is 0 Å². The molecule has 0 bridgehead atoms. The largest absolute Gasteiger partial charge is 0.481 e. The number of halogens is 1. The van der Waals surface area contributed by atoms with Gasteiger partial charge in [0.2, 0.25) is 5.91 Å². The van der Waals surface area contributed by atoms with Crippen molar-refractivity contribution in [1.82, 2.24) is 0 Å². The molecule has 0 saturated carbocycles. The Morgan fingerprint density at radius 3 is 2.57 bits per heavy atom. The van der Waals surface area contributed by atoms with Gasteiger partial charge in [0.05, 0.1) is 16.6 Å². The fraction of sp³-hybridized carbons (Fsp3) is 0.500. The maximum Gasteiger partial charge on any atom is 0.306 e. The summed E-state index contributed by atoms with van der Waals surface area (Å²) in [5, 5.41) is 12.5. The number of benzene rings is 1. The number of hydrogen-bond donors (Lipinski definition) is 2. The Morgan fingerprint density at radius 2 is 2.00 bits per heavy atom. The summed E-state index contributed by atoms with van der Waals surface area (Å²) in [6.07, 6.45) is 2.58. The second kappa shape index (κ2) is 8.67. The van der Waals surface area contributed by atoms with Crippen LogP contribution in [0.5, 0.6) is 0 Å². The predicted octanol–water partition coefficient (Wildman–Crippen LogP) is 4.20. The lowest BCUT2D eigenvalue weighted by Crippen LogP contribution is -2.26. The van der Waals surface area contributed by atoms with Crippen molar-refractivity contribution in [3.05, 3.63) is 29.3 Å². The molecule has 2 atom stereocenters. The number of aliphatic carboxylic acids is 1. The molecule has 1 aromatic rings. The second-order valence-corrected chi connectivity index (χ2v) is 5.70. The monoisotopic (exact) mass is 311 g/mol. The number of carboxylic acids is 1. The molecular formula is C16H22ClNO3. The fourth-order valence-electron chi connectivity index (χ4n) is 2.27. The Hall–Kier alpha value is -1.55. The number of carbonyl (C=O) groups excluding carboxylic acids is 1. The van der Waals surface area contributed by atoms with Crippen molar-refractivity contribution >= 4 is 29.2 Å². The quantitative estimate of drug-likeness (QED) is 0.756. The lowest BCUT2D eigenvalue weighted by Gasteiger charge is -2.19. The highest BCUT2D eigenvalue weighted by molar-refractivity contribution is 6.33. The molecule has 0 spiro atoms. The van der Waals surface area contributed by atoms with E-state index in [9.17, 15) is 14.7 Å². The fourth-order valence-corrected chi connectivity index (χ4v) is 2.46. The van der Waals surface area contributed by atoms with Gasteiger partial charge in [0, 0.05) is 6.42 Å². The highest BCUT2D eigenvalue weighted by Gasteiger charge is 2.26. The summed E-state index contributed by atoms with van der Waals surface area (Å²) in [5.74, 6) is -1.74. The molecule has 116 valence electrons. The Bertz CT molecular complexity index is 490. The number of anilines is 1. The van der Waals surface area contributed by atoms with E-state index in [4.69, 9.17) is 11.6 Å². The minimum Gasteiger partial charge on any atom is -0.481 e. The molecule has 0 saturated heterocycles. The highest BCUT2D eigenvalue weighted by Crippen LogP contribution is 2.24. The molecule has 2 N–H and O–H groups in total. The van der Waals surface area contributed by atoms with Crippen LogP contribution in [0.15, 0.2) is 24.3 Å². The highest BCUT2D eigenvalue weighted by atomic mass is 35.5. The molecule has 1 aromatic carbocycles. The van der Waals surface area contributed by atoms with E-state index in [1.165, 1.54) is 0 Å². The van der Waals surface area contributed by atoms with E-state index < -0.39 is 11.9 Å². The average Bonchev–Trinajstić information content (AvgIpc) is 2.41. The number of carbonyl (C=O) groups is 2. The van der Waals surface area contributed by atoms with Crippen LogP contribution in [-0.2, 0) is 9.59 Å². The molecule has 4 nitrogen and oxygen atoms in total. The first-order valence-electron chi connectivity index (χ1n) is 7.22. The molecule has 5 heteroatoms. The standard InChI is InChI=1S/C16H22ClNO3/c1-3-4-7-12(16(20)21)11(2)10-15(19)18-14-9-6-5-8-13(14)17/h5-6,8-9,11-12H,3-4,7,10H2,1-2H3,(H,18,19)(H,20,21)/t11-,12-/m1/s1. The van der Waals surface area contributed by atoms with Crippen molar-refractivity contribution in [2.24, 2.45) is 11.8 Å². The molecule has 0 radical (unpaired) electrons. The number of nitrogens with one attached hydrogen (secondary N) is 1. The average molecular weight is 312 g/mol. The summed E-state index contributed by atoms with van der Waals surface area (Å²) >= 11 is 5.98. The SMILES string of the molecule is CCCC[C@@H](C(=O)O)[C@H](C)CC(=O)Nc1ccccc1Cl. The molecule has 0 aliphatic rings. The number of hydrogen-bond acceptors (Lipinski definition) is 2. The molecule has 1 amide bonds. The number of rotatable bonds is 8. The lowest BCUT2D eigenvalue weighted by atomic mass is 9.87. The molecule has 0 aromatic heterocycles. The van der Waals surface area contributed by atoms with Gasteiger partial charge in [0.15, 0.2) is 0 Å². The molecule has 21 heavy (non-hydrogen) atoms. The topological polar surface area (TPSA) is 66.4 Å². The van der Waals surface area contributed by atoms with Crippen LogP contribution >= 0.6 is 11.6 Å². The number of amides is 1. The van der Waals surface area contributed by atoms with Gasteiger partial charge in [-0.2, -0.15) is 0 Å². The van der Waals surface area contributed by atoms with Crippen molar-refractivity contribution in [2.45, 2.75) is 39.5 Å². The van der Waals surface area contributed by atoms with Crippen LogP contribution in [0.1, 0.15) is 39.5 Å². The molecule has 0 fully saturated rings. The van der Waals surface area contributed by atoms with Gasteiger partial charge < -0.3 is 10.4 Å². The zero-order valence-electron chi connectivity index (χ0n) is 12.4. The van der Waals surface area contributed by atoms with Crippen LogP contribution in [0.4, 0.5) is 5.69 Å². The van der Waals surface area contributed by atoms with Gasteiger partial charge >= 0.3 is 5.97 Å². The first-order valence-corrected chi connectivity index (χ1v) is 7.60. The summed E-state index contributed by atoms with van der Waals surface area (Å²) in [6, 6.07) is 6.98. The van der Waals surface area contributed by atoms with Crippen molar-refractivity contribution in [3.8, 4) is 0 Å². The minimum absolute atomic E-state index is 0.173. The summed E-state index contributed by atoms with van der Waals surface area (Å²) in [6.45, 7) is 3.83. The van der Waals surface area contributed by atoms with Crippen LogP contribution in [-0.4, -0.2) is 17.0 Å². The van der Waals surface area contributed by atoms with E-state index in [1.54, 1.807) is 31.2 Å². The lowest BCUT2D eigenvalue weighted by molar-refractivity contribution is -0.144. The van der Waals surface area contributed by atoms with Crippen molar-refractivity contribution in [3.63, 3.8) is 0 Å². The molecule has 0 unspecified atom stereocenters. The molecule has 1 rings (SSSR count). The van der Waals surface area contributed by atoms with Gasteiger partial charge in [-0.3, -0.25) is 9.59 Å². The third-order valence-corrected chi connectivity index (χ3v) is 3.86. The zero-order valence-corrected chi connectivity index (χ0v) is 13.2. The van der Waals surface area contributed by atoms with Gasteiger partial charge in [-0.25, -0.2) is 0 Å². The first kappa shape index (κ1) is 17.5. The van der Waals surface area contributed by atoms with Crippen molar-refractivity contribution in [2.75, 3.05) is 5.32 Å². The molecule has 0 aliphatic carbocycles. The van der Waals surface area contributed by atoms with Crippen LogP contribution in [0.3, 0.4) is 0 Å². The van der Waals surface area contributed by atoms with Crippen LogP contribution in [0, 0.1) is 11.8 Å². The van der Waals surface area contributed by atoms with Crippen LogP contribution in [0.25, 0.3) is 0 Å². The summed E-state index contributed by atoms with van der Waals surface area (Å²) in [4.78, 5) is 23.3. The molecular weight excluding hydrogens is 290 g/mol. The Balaban J connectivity index is 2.60. The van der Waals surface area contributed by atoms with Gasteiger partial charge in [-0.15, -0.1) is 0 Å². The summed E-state index contributed by atoms with van der Waals surface area (Å²) in [5.41, 5.74) is 0.553. The Morgan fingerprint density at radius 1 is 1.33 bits per heavy atom. The maximum absolute atomic E-state index is 12.0. The zero-order chi connectivity index (χ0) is 15.8. The third kappa shape index (κ3) is 5.76. The van der Waals surface area contributed by atoms with Crippen molar-refractivity contribution < 1.29 is 14.7 Å². The second-order valence-electron chi connectivity index (χ2n) is 5.30. The van der Waals surface area contributed by atoms with E-state index in [2.05, 4.69) is 5.32 Å². The Labute approximate surface area is 130 Å². The van der Waals surface area contributed by atoms with E-state index in [-0.39, 0.29) is 18.2 Å². The van der Waals surface area contributed by atoms with E-state index in [1.807, 2.05) is 6.92 Å². The first-order chi connectivity index (χ1) is 9.95. The van der Waals surface area contributed by atoms with E-state index in [0.717, 1.165) is 12.8 Å². The van der Waals surface area contributed by atoms with Gasteiger partial charge in [-0.05, 0) is 24.5 Å².